The highest BCUT2D eigenvalue weighted by Gasteiger charge is 2.24. The zero-order chi connectivity index (χ0) is 20.1. The smallest absolute Gasteiger partial charge is 0.371 e. The number of carboxylic acids is 1. The lowest BCUT2D eigenvalue weighted by Crippen LogP contribution is -2.08. The number of anilines is 1. The largest absolute Gasteiger partial charge is 0.475 e. The summed E-state index contributed by atoms with van der Waals surface area (Å²) < 4.78 is 1.45. The number of aromatic amines is 1. The average Bonchev–Trinajstić information content (AvgIpc) is 3.42. The quantitative estimate of drug-likeness (QED) is 0.464. The summed E-state index contributed by atoms with van der Waals surface area (Å²) in [4.78, 5) is 30.8. The van der Waals surface area contributed by atoms with Crippen molar-refractivity contribution in [3.63, 3.8) is 0 Å². The number of nitrogens with two attached hydrogens (primary N) is 1. The second kappa shape index (κ2) is 6.16. The van der Waals surface area contributed by atoms with E-state index < -0.39 is 5.97 Å². The molecule has 0 spiro atoms. The summed E-state index contributed by atoms with van der Waals surface area (Å²) in [5.41, 5.74) is 11.1. The number of hydrogen-bond acceptors (Lipinski definition) is 5. The Hall–Kier alpha value is -4.20. The first-order chi connectivity index (χ1) is 14.0. The van der Waals surface area contributed by atoms with Crippen LogP contribution in [-0.2, 0) is 6.42 Å². The molecule has 0 saturated heterocycles. The van der Waals surface area contributed by atoms with Crippen molar-refractivity contribution in [1.29, 1.82) is 0 Å². The molecule has 0 amide bonds. The Morgan fingerprint density at radius 2 is 2.00 bits per heavy atom. The van der Waals surface area contributed by atoms with Crippen molar-refractivity contribution < 1.29 is 14.7 Å². The van der Waals surface area contributed by atoms with Crippen molar-refractivity contribution in [3.05, 3.63) is 76.7 Å². The number of aromatic carboxylic acids is 1. The SMILES string of the molecule is Nc1c(C(=O)C2=Cc3ccccc3C2)cnn1-c1ccc2nc(C(=O)O)[nH]c2c1. The number of benzene rings is 2. The number of ketones is 1. The third kappa shape index (κ3) is 2.69. The van der Waals surface area contributed by atoms with Gasteiger partial charge in [0.2, 0.25) is 5.82 Å². The molecule has 2 aromatic heterocycles. The van der Waals surface area contributed by atoms with Crippen molar-refractivity contribution >= 4 is 34.7 Å². The van der Waals surface area contributed by atoms with Crippen molar-refractivity contribution in [3.8, 4) is 5.69 Å². The monoisotopic (exact) mass is 385 g/mol. The maximum absolute atomic E-state index is 13.0. The summed E-state index contributed by atoms with van der Waals surface area (Å²) in [5, 5.41) is 13.3. The number of allylic oxidation sites excluding steroid dienone is 1. The zero-order valence-corrected chi connectivity index (χ0v) is 15.1. The molecule has 1 aliphatic carbocycles. The lowest BCUT2D eigenvalue weighted by Gasteiger charge is -2.05. The van der Waals surface area contributed by atoms with Gasteiger partial charge in [-0.1, -0.05) is 24.3 Å². The van der Waals surface area contributed by atoms with Gasteiger partial charge in [0.25, 0.3) is 0 Å². The highest BCUT2D eigenvalue weighted by atomic mass is 16.4. The number of carboxylic acid groups (broad SMARTS) is 1. The molecule has 1 aliphatic rings. The number of nitrogens with one attached hydrogen (secondary N) is 1. The summed E-state index contributed by atoms with van der Waals surface area (Å²) in [7, 11) is 0. The van der Waals surface area contributed by atoms with Gasteiger partial charge < -0.3 is 15.8 Å². The Kier molecular flexibility index (Phi) is 3.60. The molecular weight excluding hydrogens is 370 g/mol. The molecule has 0 fully saturated rings. The van der Waals surface area contributed by atoms with Crippen LogP contribution in [0.5, 0.6) is 0 Å². The van der Waals surface area contributed by atoms with E-state index in [1.807, 2.05) is 30.3 Å². The molecule has 4 N–H and O–H groups in total. The van der Waals surface area contributed by atoms with E-state index in [0.29, 0.717) is 34.3 Å². The fourth-order valence-corrected chi connectivity index (χ4v) is 3.57. The predicted octanol–water partition coefficient (Wildman–Crippen LogP) is 2.85. The van der Waals surface area contributed by atoms with Crippen molar-refractivity contribution in [2.45, 2.75) is 6.42 Å². The van der Waals surface area contributed by atoms with Crippen LogP contribution in [0.1, 0.15) is 32.1 Å². The second-order valence-electron chi connectivity index (χ2n) is 6.82. The summed E-state index contributed by atoms with van der Waals surface area (Å²) in [6, 6.07) is 13.0. The topological polar surface area (TPSA) is 127 Å². The van der Waals surface area contributed by atoms with Crippen LogP contribution >= 0.6 is 0 Å². The molecule has 142 valence electrons. The normalized spacial score (nSPS) is 12.8. The Balaban J connectivity index is 1.49. The lowest BCUT2D eigenvalue weighted by atomic mass is 10.0. The van der Waals surface area contributed by atoms with E-state index in [2.05, 4.69) is 15.1 Å². The second-order valence-corrected chi connectivity index (χ2v) is 6.82. The number of fused-ring (bicyclic) bond motifs is 2. The van der Waals surface area contributed by atoms with Crippen LogP contribution in [0.3, 0.4) is 0 Å². The minimum absolute atomic E-state index is 0.144. The average molecular weight is 385 g/mol. The molecule has 0 saturated carbocycles. The van der Waals surface area contributed by atoms with Crippen LogP contribution in [0.25, 0.3) is 22.8 Å². The van der Waals surface area contributed by atoms with E-state index in [-0.39, 0.29) is 17.4 Å². The number of aromatic nitrogens is 4. The highest BCUT2D eigenvalue weighted by molar-refractivity contribution is 6.15. The van der Waals surface area contributed by atoms with Crippen molar-refractivity contribution in [2.75, 3.05) is 5.73 Å². The maximum atomic E-state index is 13.0. The third-order valence-corrected chi connectivity index (χ3v) is 5.02. The zero-order valence-electron chi connectivity index (χ0n) is 15.1. The van der Waals surface area contributed by atoms with Gasteiger partial charge in [0.15, 0.2) is 5.78 Å². The van der Waals surface area contributed by atoms with E-state index >= 15 is 0 Å². The molecule has 0 atom stereocenters. The standard InChI is InChI=1S/C21H15N5O3/c22-19-15(18(27)13-7-11-3-1-2-4-12(11)8-13)10-23-26(19)14-5-6-16-17(9-14)25-20(24-16)21(28)29/h1-7,9-10H,8,22H2,(H,24,25)(H,28,29). The van der Waals surface area contributed by atoms with E-state index in [4.69, 9.17) is 10.8 Å². The lowest BCUT2D eigenvalue weighted by molar-refractivity contribution is 0.0685. The number of hydrogen-bond donors (Lipinski definition) is 3. The molecule has 8 heteroatoms. The Morgan fingerprint density at radius 3 is 2.79 bits per heavy atom. The molecule has 2 heterocycles. The first-order valence-electron chi connectivity index (χ1n) is 8.91. The van der Waals surface area contributed by atoms with E-state index in [1.54, 1.807) is 18.2 Å². The molecule has 0 unspecified atom stereocenters. The summed E-state index contributed by atoms with van der Waals surface area (Å²) in [5.74, 6) is -1.21. The van der Waals surface area contributed by atoms with E-state index in [0.717, 1.165) is 11.1 Å². The van der Waals surface area contributed by atoms with Crippen LogP contribution in [0.15, 0.2) is 54.2 Å². The Bertz CT molecular complexity index is 1350. The Morgan fingerprint density at radius 1 is 1.17 bits per heavy atom. The number of nitrogens with zero attached hydrogens (tertiary/aromatic N) is 3. The van der Waals surface area contributed by atoms with Crippen LogP contribution in [0.4, 0.5) is 5.82 Å². The van der Waals surface area contributed by atoms with Gasteiger partial charge in [-0.05, 0) is 35.4 Å². The van der Waals surface area contributed by atoms with Gasteiger partial charge in [0.1, 0.15) is 5.82 Å². The number of rotatable bonds is 4. The molecule has 0 aliphatic heterocycles. The first-order valence-corrected chi connectivity index (χ1v) is 8.91. The van der Waals surface area contributed by atoms with Crippen molar-refractivity contribution in [1.82, 2.24) is 19.7 Å². The van der Waals surface area contributed by atoms with Gasteiger partial charge in [-0.25, -0.2) is 14.5 Å². The number of carbonyl (C=O) groups excluding carboxylic acids is 1. The van der Waals surface area contributed by atoms with Crippen LogP contribution in [-0.4, -0.2) is 36.6 Å². The van der Waals surface area contributed by atoms with Gasteiger partial charge in [-0.3, -0.25) is 4.79 Å². The fraction of sp³-hybridized carbons (Fsp3) is 0.0476. The van der Waals surface area contributed by atoms with E-state index in [9.17, 15) is 9.59 Å². The highest BCUT2D eigenvalue weighted by Crippen LogP contribution is 2.29. The summed E-state index contributed by atoms with van der Waals surface area (Å²) in [6.45, 7) is 0. The minimum atomic E-state index is -1.14. The number of H-pyrrole nitrogens is 1. The summed E-state index contributed by atoms with van der Waals surface area (Å²) >= 11 is 0. The molecule has 8 nitrogen and oxygen atoms in total. The number of imidazole rings is 1. The van der Waals surface area contributed by atoms with Crippen LogP contribution < -0.4 is 5.73 Å². The number of carbonyl (C=O) groups is 2. The Labute approximate surface area is 164 Å². The summed E-state index contributed by atoms with van der Waals surface area (Å²) in [6.07, 6.45) is 3.91. The van der Waals surface area contributed by atoms with Gasteiger partial charge in [-0.15, -0.1) is 0 Å². The fourth-order valence-electron chi connectivity index (χ4n) is 3.57. The van der Waals surface area contributed by atoms with Crippen LogP contribution in [0, 0.1) is 0 Å². The maximum Gasteiger partial charge on any atom is 0.371 e. The van der Waals surface area contributed by atoms with Gasteiger partial charge >= 0.3 is 5.97 Å². The van der Waals surface area contributed by atoms with Crippen molar-refractivity contribution in [2.24, 2.45) is 0 Å². The van der Waals surface area contributed by atoms with Crippen LogP contribution in [0.2, 0.25) is 0 Å². The number of Topliss-reactive ketones (excluding diaryl/α,β-unsaturated/α-hetero) is 1. The molecular formula is C21H15N5O3. The van der Waals surface area contributed by atoms with Gasteiger partial charge in [0, 0.05) is 12.0 Å². The molecule has 0 radical (unpaired) electrons. The number of nitrogen functional groups attached to an aromatic ring is 1. The minimum Gasteiger partial charge on any atom is -0.475 e. The molecule has 4 aromatic rings. The molecule has 5 rings (SSSR count). The van der Waals surface area contributed by atoms with E-state index in [1.165, 1.54) is 10.9 Å². The third-order valence-electron chi connectivity index (χ3n) is 5.02. The van der Waals surface area contributed by atoms with Gasteiger partial charge in [0.05, 0.1) is 28.5 Å². The predicted molar refractivity (Wildman–Crippen MR) is 107 cm³/mol. The van der Waals surface area contributed by atoms with Gasteiger partial charge in [-0.2, -0.15) is 5.10 Å². The molecule has 2 aromatic carbocycles. The molecule has 0 bridgehead atoms. The first kappa shape index (κ1) is 16.9. The molecule has 29 heavy (non-hydrogen) atoms.